The summed E-state index contributed by atoms with van der Waals surface area (Å²) < 4.78 is 0. The average Bonchev–Trinajstić information content (AvgIpc) is 2.75. The van der Waals surface area contributed by atoms with E-state index in [2.05, 4.69) is 15.5 Å². The maximum Gasteiger partial charge on any atom is 0.321 e. The van der Waals surface area contributed by atoms with Crippen molar-refractivity contribution in [3.05, 3.63) is 65.2 Å². The number of piperidine rings is 1. The van der Waals surface area contributed by atoms with E-state index in [4.69, 9.17) is 11.6 Å². The summed E-state index contributed by atoms with van der Waals surface area (Å²) in [5.74, 6) is -0.0446. The molecule has 160 valence electrons. The number of urea groups is 1. The summed E-state index contributed by atoms with van der Waals surface area (Å²) in [5.41, 5.74) is 1.77. The lowest BCUT2D eigenvalue weighted by molar-refractivity contribution is -0.126. The minimum absolute atomic E-state index is 0.000566. The Balaban J connectivity index is 1.49. The lowest BCUT2D eigenvalue weighted by Crippen LogP contribution is -2.45. The van der Waals surface area contributed by atoms with Gasteiger partial charge in [0.05, 0.1) is 6.04 Å². The molecule has 0 saturated carbocycles. The molecule has 2 aromatic rings. The Hall–Kier alpha value is -2.57. The van der Waals surface area contributed by atoms with Gasteiger partial charge in [-0.05, 0) is 50.7 Å². The van der Waals surface area contributed by atoms with E-state index in [1.54, 1.807) is 4.90 Å². The van der Waals surface area contributed by atoms with Crippen LogP contribution in [0.25, 0.3) is 0 Å². The van der Waals surface area contributed by atoms with Gasteiger partial charge in [0.15, 0.2) is 0 Å². The average molecular weight is 429 g/mol. The molecule has 2 N–H and O–H groups in total. The SMILES string of the molecule is CN(C)[C@H](CNC(=O)C1CCN(C(=O)Nc2ccccc2)CC1)c1ccccc1Cl. The van der Waals surface area contributed by atoms with Crippen LogP contribution in [-0.2, 0) is 4.79 Å². The van der Waals surface area contributed by atoms with Crippen LogP contribution in [0.15, 0.2) is 54.6 Å². The molecule has 1 saturated heterocycles. The maximum atomic E-state index is 12.7. The van der Waals surface area contributed by atoms with E-state index in [0.29, 0.717) is 37.5 Å². The van der Waals surface area contributed by atoms with E-state index >= 15 is 0 Å². The van der Waals surface area contributed by atoms with E-state index in [-0.39, 0.29) is 23.9 Å². The number of nitrogens with zero attached hydrogens (tertiary/aromatic N) is 2. The molecular weight excluding hydrogens is 400 g/mol. The van der Waals surface area contributed by atoms with Crippen molar-refractivity contribution >= 4 is 29.2 Å². The Kier molecular flexibility index (Phi) is 7.71. The first kappa shape index (κ1) is 22.1. The number of likely N-dealkylation sites (tertiary alicyclic amines) is 1. The summed E-state index contributed by atoms with van der Waals surface area (Å²) in [4.78, 5) is 29.0. The molecule has 0 radical (unpaired) electrons. The third-order valence-electron chi connectivity index (χ3n) is 5.54. The topological polar surface area (TPSA) is 64.7 Å². The molecule has 3 amide bonds. The number of anilines is 1. The number of halogens is 1. The van der Waals surface area contributed by atoms with Gasteiger partial charge in [-0.2, -0.15) is 0 Å². The van der Waals surface area contributed by atoms with Crippen molar-refractivity contribution in [2.24, 2.45) is 5.92 Å². The Morgan fingerprint density at radius 2 is 1.70 bits per heavy atom. The number of amides is 3. The molecule has 0 bridgehead atoms. The maximum absolute atomic E-state index is 12.7. The zero-order valence-electron chi connectivity index (χ0n) is 17.5. The molecule has 30 heavy (non-hydrogen) atoms. The number of carbonyl (C=O) groups is 2. The second-order valence-corrected chi connectivity index (χ2v) is 8.21. The summed E-state index contributed by atoms with van der Waals surface area (Å²) in [7, 11) is 3.95. The zero-order valence-corrected chi connectivity index (χ0v) is 18.2. The first-order valence-corrected chi connectivity index (χ1v) is 10.6. The Bertz CT molecular complexity index is 851. The number of para-hydroxylation sites is 1. The lowest BCUT2D eigenvalue weighted by Gasteiger charge is -2.32. The second-order valence-electron chi connectivity index (χ2n) is 7.80. The smallest absolute Gasteiger partial charge is 0.321 e. The van der Waals surface area contributed by atoms with Gasteiger partial charge in [0.25, 0.3) is 0 Å². The summed E-state index contributed by atoms with van der Waals surface area (Å²) in [6, 6.07) is 17.0. The molecule has 3 rings (SSSR count). The fourth-order valence-corrected chi connectivity index (χ4v) is 3.99. The largest absolute Gasteiger partial charge is 0.354 e. The van der Waals surface area contributed by atoms with Crippen molar-refractivity contribution in [3.63, 3.8) is 0 Å². The Morgan fingerprint density at radius 3 is 2.33 bits per heavy atom. The predicted molar refractivity (Wildman–Crippen MR) is 121 cm³/mol. The van der Waals surface area contributed by atoms with Gasteiger partial charge in [-0.15, -0.1) is 0 Å². The van der Waals surface area contributed by atoms with Crippen molar-refractivity contribution in [2.75, 3.05) is 39.0 Å². The number of carbonyl (C=O) groups excluding carboxylic acids is 2. The molecule has 6 nitrogen and oxygen atoms in total. The molecule has 0 aromatic heterocycles. The first-order valence-electron chi connectivity index (χ1n) is 10.2. The van der Waals surface area contributed by atoms with Gasteiger partial charge in [-0.3, -0.25) is 4.79 Å². The van der Waals surface area contributed by atoms with E-state index in [1.165, 1.54) is 0 Å². The molecular formula is C23H29ClN4O2. The van der Waals surface area contributed by atoms with Crippen molar-refractivity contribution in [1.82, 2.24) is 15.1 Å². The normalized spacial score (nSPS) is 15.7. The highest BCUT2D eigenvalue weighted by Crippen LogP contribution is 2.26. The fraction of sp³-hybridized carbons (Fsp3) is 0.391. The number of rotatable bonds is 6. The quantitative estimate of drug-likeness (QED) is 0.730. The highest BCUT2D eigenvalue weighted by Gasteiger charge is 2.28. The number of likely N-dealkylation sites (N-methyl/N-ethyl adjacent to an activating group) is 1. The van der Waals surface area contributed by atoms with E-state index < -0.39 is 0 Å². The lowest BCUT2D eigenvalue weighted by atomic mass is 9.95. The minimum atomic E-state index is -0.119. The van der Waals surface area contributed by atoms with Crippen molar-refractivity contribution in [3.8, 4) is 0 Å². The molecule has 1 fully saturated rings. The van der Waals surface area contributed by atoms with E-state index in [1.807, 2.05) is 68.7 Å². The molecule has 1 heterocycles. The first-order chi connectivity index (χ1) is 14.5. The molecule has 7 heteroatoms. The number of benzene rings is 2. The third-order valence-corrected chi connectivity index (χ3v) is 5.88. The summed E-state index contributed by atoms with van der Waals surface area (Å²) >= 11 is 6.35. The second kappa shape index (κ2) is 10.5. The highest BCUT2D eigenvalue weighted by atomic mass is 35.5. The van der Waals surface area contributed by atoms with Crippen LogP contribution in [-0.4, -0.2) is 55.5 Å². The third kappa shape index (κ3) is 5.74. The molecule has 2 aromatic carbocycles. The molecule has 0 spiro atoms. The van der Waals surface area contributed by atoms with E-state index in [0.717, 1.165) is 11.3 Å². The van der Waals surface area contributed by atoms with Crippen molar-refractivity contribution < 1.29 is 9.59 Å². The van der Waals surface area contributed by atoms with Crippen LogP contribution in [0.5, 0.6) is 0 Å². The Morgan fingerprint density at radius 1 is 1.07 bits per heavy atom. The van der Waals surface area contributed by atoms with Crippen molar-refractivity contribution in [1.29, 1.82) is 0 Å². The standard InChI is InChI=1S/C23H29ClN4O2/c1-27(2)21(19-10-6-7-11-20(19)24)16-25-22(29)17-12-14-28(15-13-17)23(30)26-18-8-4-3-5-9-18/h3-11,17,21H,12-16H2,1-2H3,(H,25,29)(H,26,30)/t21-/m1/s1. The minimum Gasteiger partial charge on any atom is -0.354 e. The summed E-state index contributed by atoms with van der Waals surface area (Å²) in [6.45, 7) is 1.63. The monoisotopic (exact) mass is 428 g/mol. The Labute approximate surface area is 183 Å². The van der Waals surface area contributed by atoms with Gasteiger partial charge < -0.3 is 20.4 Å². The fourth-order valence-electron chi connectivity index (χ4n) is 3.73. The zero-order chi connectivity index (χ0) is 21.5. The van der Waals surface area contributed by atoms with Crippen LogP contribution >= 0.6 is 11.6 Å². The van der Waals surface area contributed by atoms with Gasteiger partial charge in [-0.1, -0.05) is 48.0 Å². The van der Waals surface area contributed by atoms with Gasteiger partial charge in [0.2, 0.25) is 5.91 Å². The molecule has 0 unspecified atom stereocenters. The van der Waals surface area contributed by atoms with Crippen LogP contribution in [0, 0.1) is 5.92 Å². The van der Waals surface area contributed by atoms with Gasteiger partial charge in [-0.25, -0.2) is 4.79 Å². The van der Waals surface area contributed by atoms with Gasteiger partial charge in [0.1, 0.15) is 0 Å². The van der Waals surface area contributed by atoms with Gasteiger partial charge >= 0.3 is 6.03 Å². The van der Waals surface area contributed by atoms with Crippen LogP contribution in [0.2, 0.25) is 5.02 Å². The number of hydrogen-bond acceptors (Lipinski definition) is 3. The molecule has 1 aliphatic heterocycles. The molecule has 0 aliphatic carbocycles. The van der Waals surface area contributed by atoms with Gasteiger partial charge in [0, 0.05) is 36.3 Å². The highest BCUT2D eigenvalue weighted by molar-refractivity contribution is 6.31. The predicted octanol–water partition coefficient (Wildman–Crippen LogP) is 4.00. The van der Waals surface area contributed by atoms with Crippen LogP contribution in [0.1, 0.15) is 24.4 Å². The molecule has 1 aliphatic rings. The van der Waals surface area contributed by atoms with Crippen LogP contribution in [0.4, 0.5) is 10.5 Å². The van der Waals surface area contributed by atoms with Crippen LogP contribution in [0.3, 0.4) is 0 Å². The number of nitrogens with one attached hydrogen (secondary N) is 2. The van der Waals surface area contributed by atoms with E-state index in [9.17, 15) is 9.59 Å². The summed E-state index contributed by atoms with van der Waals surface area (Å²) in [5, 5.41) is 6.68. The number of hydrogen-bond donors (Lipinski definition) is 2. The molecule has 1 atom stereocenters. The summed E-state index contributed by atoms with van der Waals surface area (Å²) in [6.07, 6.45) is 1.32. The van der Waals surface area contributed by atoms with Crippen LogP contribution < -0.4 is 10.6 Å². The van der Waals surface area contributed by atoms with Crippen molar-refractivity contribution in [2.45, 2.75) is 18.9 Å².